The number of amides is 2. The Balaban J connectivity index is 1.77. The lowest BCUT2D eigenvalue weighted by molar-refractivity contribution is -0.154. The van der Waals surface area contributed by atoms with Crippen LogP contribution in [0.3, 0.4) is 0 Å². The van der Waals surface area contributed by atoms with Crippen LogP contribution in [0.15, 0.2) is 24.3 Å². The number of esters is 1. The molecule has 7 nitrogen and oxygen atoms in total. The maximum absolute atomic E-state index is 13.7. The quantitative estimate of drug-likeness (QED) is 0.625. The Morgan fingerprint density at radius 1 is 1.42 bits per heavy atom. The van der Waals surface area contributed by atoms with Crippen LogP contribution in [-0.2, 0) is 19.1 Å². The Bertz CT molecular complexity index is 914. The van der Waals surface area contributed by atoms with Gasteiger partial charge in [-0.3, -0.25) is 14.4 Å². The zero-order chi connectivity index (χ0) is 22.5. The van der Waals surface area contributed by atoms with E-state index in [1.807, 2.05) is 6.92 Å². The van der Waals surface area contributed by atoms with Gasteiger partial charge in [0.05, 0.1) is 46.5 Å². The normalized spacial score (nSPS) is 34.5. The largest absolute Gasteiger partial charge is 0.466 e. The van der Waals surface area contributed by atoms with Gasteiger partial charge in [0.2, 0.25) is 11.8 Å². The summed E-state index contributed by atoms with van der Waals surface area (Å²) >= 11 is 7.81. The summed E-state index contributed by atoms with van der Waals surface area (Å²) in [4.78, 5) is 41.6. The number of thioether (sulfide) groups is 1. The van der Waals surface area contributed by atoms with Gasteiger partial charge in [-0.2, -0.15) is 0 Å². The topological polar surface area (TPSA) is 95.9 Å². The lowest BCUT2D eigenvalue weighted by Crippen LogP contribution is -2.56. The monoisotopic (exact) mass is 466 g/mol. The lowest BCUT2D eigenvalue weighted by Gasteiger charge is -2.39. The third kappa shape index (κ3) is 3.26. The van der Waals surface area contributed by atoms with E-state index in [4.69, 9.17) is 16.3 Å². The zero-order valence-corrected chi connectivity index (χ0v) is 19.3. The molecule has 2 N–H and O–H groups in total. The van der Waals surface area contributed by atoms with Crippen LogP contribution in [0.25, 0.3) is 0 Å². The fraction of sp³-hybridized carbons (Fsp3) is 0.591. The maximum atomic E-state index is 13.7. The van der Waals surface area contributed by atoms with Gasteiger partial charge in [-0.15, -0.1) is 11.8 Å². The number of ether oxygens (including phenoxy) is 1. The van der Waals surface area contributed by atoms with Crippen molar-refractivity contribution < 1.29 is 24.2 Å². The number of aliphatic hydroxyl groups excluding tert-OH is 1. The summed E-state index contributed by atoms with van der Waals surface area (Å²) in [5.74, 6) is -2.19. The van der Waals surface area contributed by atoms with Crippen molar-refractivity contribution in [2.75, 3.05) is 18.5 Å². The maximum Gasteiger partial charge on any atom is 0.310 e. The number of anilines is 1. The highest BCUT2D eigenvalue weighted by Gasteiger charge is 2.76. The van der Waals surface area contributed by atoms with Crippen molar-refractivity contribution in [3.63, 3.8) is 0 Å². The minimum Gasteiger partial charge on any atom is -0.466 e. The number of carbonyl (C=O) groups is 3. The fourth-order valence-electron chi connectivity index (χ4n) is 5.59. The summed E-state index contributed by atoms with van der Waals surface area (Å²) in [6.45, 7) is 5.46. The summed E-state index contributed by atoms with van der Waals surface area (Å²) in [5, 5.41) is 13.1. The highest BCUT2D eigenvalue weighted by Crippen LogP contribution is 2.68. The Morgan fingerprint density at radius 3 is 2.77 bits per heavy atom. The van der Waals surface area contributed by atoms with Gasteiger partial charge in [0.1, 0.15) is 6.04 Å². The van der Waals surface area contributed by atoms with Gasteiger partial charge in [-0.05, 0) is 38.3 Å². The van der Waals surface area contributed by atoms with Crippen LogP contribution < -0.4 is 5.32 Å². The third-order valence-corrected chi connectivity index (χ3v) is 9.27. The van der Waals surface area contributed by atoms with Gasteiger partial charge < -0.3 is 20.1 Å². The molecule has 168 valence electrons. The molecule has 3 fully saturated rings. The summed E-state index contributed by atoms with van der Waals surface area (Å²) in [6, 6.07) is 5.53. The molecule has 3 heterocycles. The standard InChI is InChI=1S/C22H27ClN2O5S/c1-4-30-21(29)16-15-9-11(2)22(31-15)17(16)20(28)25(12(3)10-26)18(22)19(27)24-14-8-6-5-7-13(14)23/h5-8,11-12,15-18,26H,4,9-10H2,1-3H3,(H,24,27)/t11?,12-,15+,16-,17+,18?,22?/m1/s1. The number of nitrogens with zero attached hydrogens (tertiary/aromatic N) is 1. The first-order valence-corrected chi connectivity index (χ1v) is 11.9. The second-order valence-corrected chi connectivity index (χ2v) is 10.5. The van der Waals surface area contributed by atoms with Crippen LogP contribution in [0.4, 0.5) is 5.69 Å². The summed E-state index contributed by atoms with van der Waals surface area (Å²) < 4.78 is 4.55. The number of aliphatic hydroxyl groups is 1. The lowest BCUT2D eigenvalue weighted by atomic mass is 9.66. The molecule has 2 amide bonds. The molecule has 0 radical (unpaired) electrons. The number of hydrogen-bond donors (Lipinski definition) is 2. The van der Waals surface area contributed by atoms with Crippen molar-refractivity contribution in [1.82, 2.24) is 4.90 Å². The highest BCUT2D eigenvalue weighted by atomic mass is 35.5. The number of carbonyl (C=O) groups excluding carboxylic acids is 3. The van der Waals surface area contributed by atoms with Crippen molar-refractivity contribution in [2.24, 2.45) is 17.8 Å². The van der Waals surface area contributed by atoms with Crippen LogP contribution in [0.2, 0.25) is 5.02 Å². The molecule has 4 rings (SSSR count). The first-order chi connectivity index (χ1) is 14.8. The number of fused-ring (bicyclic) bond motifs is 1. The molecule has 0 saturated carbocycles. The number of hydrogen-bond acceptors (Lipinski definition) is 6. The highest BCUT2D eigenvalue weighted by molar-refractivity contribution is 8.02. The third-order valence-electron chi connectivity index (χ3n) is 6.86. The molecule has 3 aliphatic heterocycles. The summed E-state index contributed by atoms with van der Waals surface area (Å²) in [6.07, 6.45) is 0.731. The Morgan fingerprint density at radius 2 is 2.13 bits per heavy atom. The van der Waals surface area contributed by atoms with Gasteiger partial charge in [-0.1, -0.05) is 30.7 Å². The smallest absolute Gasteiger partial charge is 0.310 e. The summed E-state index contributed by atoms with van der Waals surface area (Å²) in [7, 11) is 0. The van der Waals surface area contributed by atoms with Crippen LogP contribution in [0, 0.1) is 17.8 Å². The van der Waals surface area contributed by atoms with E-state index in [2.05, 4.69) is 5.32 Å². The molecule has 3 unspecified atom stereocenters. The molecule has 2 bridgehead atoms. The van der Waals surface area contributed by atoms with E-state index in [0.29, 0.717) is 10.7 Å². The van der Waals surface area contributed by atoms with E-state index in [9.17, 15) is 19.5 Å². The van der Waals surface area contributed by atoms with Crippen molar-refractivity contribution in [1.29, 1.82) is 0 Å². The molecule has 0 aliphatic carbocycles. The second kappa shape index (κ2) is 8.30. The van der Waals surface area contributed by atoms with Crippen LogP contribution in [0.5, 0.6) is 0 Å². The van der Waals surface area contributed by atoms with Crippen LogP contribution >= 0.6 is 23.4 Å². The summed E-state index contributed by atoms with van der Waals surface area (Å²) in [5.41, 5.74) is 0.463. The van der Waals surface area contributed by atoms with Gasteiger partial charge >= 0.3 is 5.97 Å². The Hall–Kier alpha value is -1.77. The first-order valence-electron chi connectivity index (χ1n) is 10.6. The minimum absolute atomic E-state index is 0.0417. The Labute approximate surface area is 190 Å². The van der Waals surface area contributed by atoms with E-state index in [0.717, 1.165) is 6.42 Å². The number of halogens is 1. The van der Waals surface area contributed by atoms with E-state index in [-0.39, 0.29) is 42.2 Å². The van der Waals surface area contributed by atoms with Gasteiger partial charge in [0, 0.05) is 5.25 Å². The van der Waals surface area contributed by atoms with Crippen molar-refractivity contribution >= 4 is 46.8 Å². The molecule has 3 saturated heterocycles. The second-order valence-electron chi connectivity index (χ2n) is 8.55. The van der Waals surface area contributed by atoms with E-state index in [1.165, 1.54) is 4.90 Å². The number of para-hydroxylation sites is 1. The van der Waals surface area contributed by atoms with Gasteiger partial charge in [0.25, 0.3) is 0 Å². The van der Waals surface area contributed by atoms with Crippen molar-refractivity contribution in [3.05, 3.63) is 29.3 Å². The number of rotatable bonds is 6. The average Bonchev–Trinajstić information content (AvgIpc) is 3.33. The molecule has 9 heteroatoms. The average molecular weight is 467 g/mol. The van der Waals surface area contributed by atoms with E-state index >= 15 is 0 Å². The minimum atomic E-state index is -0.826. The molecule has 1 aromatic carbocycles. The zero-order valence-electron chi connectivity index (χ0n) is 17.7. The van der Waals surface area contributed by atoms with Crippen molar-refractivity contribution in [3.8, 4) is 0 Å². The molecule has 1 aromatic rings. The predicted molar refractivity (Wildman–Crippen MR) is 119 cm³/mol. The fourth-order valence-corrected chi connectivity index (χ4v) is 8.17. The molecule has 1 spiro atoms. The molecule has 3 aliphatic rings. The number of benzene rings is 1. The van der Waals surface area contributed by atoms with Crippen LogP contribution in [-0.4, -0.2) is 63.1 Å². The van der Waals surface area contributed by atoms with E-state index in [1.54, 1.807) is 49.9 Å². The van der Waals surface area contributed by atoms with E-state index < -0.39 is 28.7 Å². The molecule has 31 heavy (non-hydrogen) atoms. The van der Waals surface area contributed by atoms with Crippen molar-refractivity contribution in [2.45, 2.75) is 49.3 Å². The molecule has 0 aromatic heterocycles. The number of likely N-dealkylation sites (tertiary alicyclic amines) is 1. The van der Waals surface area contributed by atoms with Gasteiger partial charge in [0.15, 0.2) is 0 Å². The molecular formula is C22H27ClN2O5S. The van der Waals surface area contributed by atoms with Crippen LogP contribution in [0.1, 0.15) is 27.2 Å². The predicted octanol–water partition coefficient (Wildman–Crippen LogP) is 2.56. The Kier molecular flexibility index (Phi) is 6.00. The molecular weight excluding hydrogens is 440 g/mol. The number of nitrogens with one attached hydrogen (secondary N) is 1. The molecule has 7 atom stereocenters. The van der Waals surface area contributed by atoms with Gasteiger partial charge in [-0.25, -0.2) is 0 Å². The first kappa shape index (κ1) is 22.4. The SMILES string of the molecule is CCOC(=O)[C@@H]1[C@@H]2CC(C)C3(S2)C(C(=O)Nc2ccccc2Cl)N([C@H](C)CO)C(=O)[C@H]13.